The normalized spacial score (nSPS) is 12.1. The van der Waals surface area contributed by atoms with Gasteiger partial charge < -0.3 is 5.32 Å². The van der Waals surface area contributed by atoms with Gasteiger partial charge in [-0.3, -0.25) is 10.1 Å². The first-order chi connectivity index (χ1) is 9.97. The molecule has 1 unspecified atom stereocenters. The Morgan fingerprint density at radius 2 is 1.95 bits per heavy atom. The van der Waals surface area contributed by atoms with Gasteiger partial charge in [-0.2, -0.15) is 0 Å². The summed E-state index contributed by atoms with van der Waals surface area (Å²) >= 11 is 0. The molecule has 21 heavy (non-hydrogen) atoms. The monoisotopic (exact) mass is 284 g/mol. The van der Waals surface area contributed by atoms with E-state index in [0.717, 1.165) is 12.1 Å². The molecule has 0 spiro atoms. The Labute approximate surface area is 125 Å². The lowest BCUT2D eigenvalue weighted by atomic mass is 10.0. The van der Waals surface area contributed by atoms with Gasteiger partial charge in [-0.15, -0.1) is 0 Å². The van der Waals surface area contributed by atoms with Gasteiger partial charge in [-0.1, -0.05) is 42.0 Å². The third kappa shape index (κ3) is 3.89. The fourth-order valence-electron chi connectivity index (χ4n) is 2.30. The molecule has 1 N–H and O–H groups in total. The Morgan fingerprint density at radius 3 is 2.62 bits per heavy atom. The second kappa shape index (κ2) is 6.50. The summed E-state index contributed by atoms with van der Waals surface area (Å²) in [5.74, 6) is 0. The van der Waals surface area contributed by atoms with Gasteiger partial charge in [0.1, 0.15) is 0 Å². The van der Waals surface area contributed by atoms with Crippen LogP contribution in [0.3, 0.4) is 0 Å². The number of hydrogen-bond donors (Lipinski definition) is 1. The minimum absolute atomic E-state index is 0.0600. The van der Waals surface area contributed by atoms with Crippen LogP contribution in [0.5, 0.6) is 0 Å². The molecule has 0 aliphatic rings. The van der Waals surface area contributed by atoms with Crippen molar-refractivity contribution in [3.8, 4) is 0 Å². The molecule has 0 saturated carbocycles. The van der Waals surface area contributed by atoms with Crippen LogP contribution in [-0.2, 0) is 6.54 Å². The Kier molecular flexibility index (Phi) is 4.70. The van der Waals surface area contributed by atoms with Crippen molar-refractivity contribution in [3.05, 3.63) is 74.8 Å². The van der Waals surface area contributed by atoms with Gasteiger partial charge in [-0.25, -0.2) is 0 Å². The average Bonchev–Trinajstić information content (AvgIpc) is 2.45. The summed E-state index contributed by atoms with van der Waals surface area (Å²) < 4.78 is 0. The Hall–Kier alpha value is -2.20. The van der Waals surface area contributed by atoms with Crippen molar-refractivity contribution in [2.75, 3.05) is 0 Å². The first kappa shape index (κ1) is 15.2. The van der Waals surface area contributed by atoms with Gasteiger partial charge in [0.2, 0.25) is 0 Å². The zero-order chi connectivity index (χ0) is 15.4. The van der Waals surface area contributed by atoms with Crippen LogP contribution in [0, 0.1) is 24.0 Å². The number of nitrogens with one attached hydrogen (secondary N) is 1. The molecule has 0 amide bonds. The summed E-state index contributed by atoms with van der Waals surface area (Å²) in [7, 11) is 0. The standard InChI is InChI=1S/C17H20N2O2/c1-12-5-4-6-15(9-12)11-18-14(3)16-8-7-13(2)17(10-16)19(20)21/h4-10,14,18H,11H2,1-3H3. The number of hydrogen-bond acceptors (Lipinski definition) is 3. The van der Waals surface area contributed by atoms with Gasteiger partial charge >= 0.3 is 0 Å². The van der Waals surface area contributed by atoms with Crippen molar-refractivity contribution < 1.29 is 4.92 Å². The van der Waals surface area contributed by atoms with Gasteiger partial charge in [-0.05, 0) is 31.9 Å². The van der Waals surface area contributed by atoms with Crippen molar-refractivity contribution in [2.45, 2.75) is 33.4 Å². The van der Waals surface area contributed by atoms with Crippen molar-refractivity contribution in [1.82, 2.24) is 5.32 Å². The fourth-order valence-corrected chi connectivity index (χ4v) is 2.30. The first-order valence-corrected chi connectivity index (χ1v) is 7.01. The van der Waals surface area contributed by atoms with Crippen LogP contribution >= 0.6 is 0 Å². The maximum atomic E-state index is 11.0. The van der Waals surface area contributed by atoms with Crippen molar-refractivity contribution in [1.29, 1.82) is 0 Å². The van der Waals surface area contributed by atoms with E-state index in [2.05, 4.69) is 30.4 Å². The molecule has 0 saturated heterocycles. The van der Waals surface area contributed by atoms with E-state index in [4.69, 9.17) is 0 Å². The molecule has 1 atom stereocenters. The summed E-state index contributed by atoms with van der Waals surface area (Å²) in [5, 5.41) is 14.4. The summed E-state index contributed by atoms with van der Waals surface area (Å²) in [6.45, 7) is 6.58. The highest BCUT2D eigenvalue weighted by molar-refractivity contribution is 5.43. The van der Waals surface area contributed by atoms with Gasteiger partial charge in [0.25, 0.3) is 5.69 Å². The van der Waals surface area contributed by atoms with E-state index < -0.39 is 0 Å². The summed E-state index contributed by atoms with van der Waals surface area (Å²) in [6.07, 6.45) is 0. The molecule has 0 bridgehead atoms. The molecule has 4 heteroatoms. The smallest absolute Gasteiger partial charge is 0.272 e. The quantitative estimate of drug-likeness (QED) is 0.665. The maximum absolute atomic E-state index is 11.0. The number of benzene rings is 2. The summed E-state index contributed by atoms with van der Waals surface area (Å²) in [5.41, 5.74) is 4.24. The highest BCUT2D eigenvalue weighted by Crippen LogP contribution is 2.23. The molecular weight excluding hydrogens is 264 g/mol. The molecule has 0 aliphatic carbocycles. The summed E-state index contributed by atoms with van der Waals surface area (Å²) in [6, 6.07) is 13.8. The number of aryl methyl sites for hydroxylation is 2. The van der Waals surface area contributed by atoms with Crippen LogP contribution in [0.1, 0.15) is 35.2 Å². The van der Waals surface area contributed by atoms with Gasteiger partial charge in [0.05, 0.1) is 4.92 Å². The fraction of sp³-hybridized carbons (Fsp3) is 0.294. The zero-order valence-corrected chi connectivity index (χ0v) is 12.6. The lowest BCUT2D eigenvalue weighted by Gasteiger charge is -2.15. The van der Waals surface area contributed by atoms with E-state index in [1.165, 1.54) is 11.1 Å². The highest BCUT2D eigenvalue weighted by atomic mass is 16.6. The van der Waals surface area contributed by atoms with E-state index in [1.807, 2.05) is 19.1 Å². The second-order valence-corrected chi connectivity index (χ2v) is 5.39. The van der Waals surface area contributed by atoms with E-state index >= 15 is 0 Å². The zero-order valence-electron chi connectivity index (χ0n) is 12.6. The van der Waals surface area contributed by atoms with E-state index in [-0.39, 0.29) is 16.7 Å². The SMILES string of the molecule is Cc1cccc(CNC(C)c2ccc(C)c([N+](=O)[O-])c2)c1. The topological polar surface area (TPSA) is 55.2 Å². The number of nitro groups is 1. The predicted molar refractivity (Wildman–Crippen MR) is 84.3 cm³/mol. The van der Waals surface area contributed by atoms with Crippen LogP contribution in [0.2, 0.25) is 0 Å². The average molecular weight is 284 g/mol. The lowest BCUT2D eigenvalue weighted by molar-refractivity contribution is -0.385. The van der Waals surface area contributed by atoms with Gasteiger partial charge in [0.15, 0.2) is 0 Å². The van der Waals surface area contributed by atoms with Crippen LogP contribution < -0.4 is 5.32 Å². The molecule has 0 fully saturated rings. The molecule has 110 valence electrons. The number of nitro benzene ring substituents is 1. The van der Waals surface area contributed by atoms with Crippen molar-refractivity contribution in [2.24, 2.45) is 0 Å². The number of rotatable bonds is 5. The minimum Gasteiger partial charge on any atom is -0.306 e. The van der Waals surface area contributed by atoms with Crippen LogP contribution in [-0.4, -0.2) is 4.92 Å². The van der Waals surface area contributed by atoms with E-state index in [0.29, 0.717) is 5.56 Å². The Morgan fingerprint density at radius 1 is 1.19 bits per heavy atom. The third-order valence-corrected chi connectivity index (χ3v) is 3.62. The first-order valence-electron chi connectivity index (χ1n) is 7.01. The maximum Gasteiger partial charge on any atom is 0.272 e. The third-order valence-electron chi connectivity index (χ3n) is 3.62. The van der Waals surface area contributed by atoms with Crippen LogP contribution in [0.15, 0.2) is 42.5 Å². The lowest BCUT2D eigenvalue weighted by Crippen LogP contribution is -2.18. The molecule has 0 aliphatic heterocycles. The predicted octanol–water partition coefficient (Wildman–Crippen LogP) is 4.06. The molecule has 4 nitrogen and oxygen atoms in total. The molecule has 0 heterocycles. The van der Waals surface area contributed by atoms with Crippen LogP contribution in [0.25, 0.3) is 0 Å². The Balaban J connectivity index is 2.08. The highest BCUT2D eigenvalue weighted by Gasteiger charge is 2.14. The molecule has 0 aromatic heterocycles. The number of nitrogens with zero attached hydrogens (tertiary/aromatic N) is 1. The molecule has 0 radical (unpaired) electrons. The largest absolute Gasteiger partial charge is 0.306 e. The van der Waals surface area contributed by atoms with Crippen molar-refractivity contribution in [3.63, 3.8) is 0 Å². The summed E-state index contributed by atoms with van der Waals surface area (Å²) in [4.78, 5) is 10.7. The minimum atomic E-state index is -0.327. The van der Waals surface area contributed by atoms with E-state index in [1.54, 1.807) is 19.1 Å². The van der Waals surface area contributed by atoms with Gasteiger partial charge in [0, 0.05) is 24.2 Å². The van der Waals surface area contributed by atoms with Crippen LogP contribution in [0.4, 0.5) is 5.69 Å². The molecule has 2 aromatic carbocycles. The van der Waals surface area contributed by atoms with Crippen molar-refractivity contribution >= 4 is 5.69 Å². The second-order valence-electron chi connectivity index (χ2n) is 5.39. The molecule has 2 rings (SSSR count). The molecular formula is C17H20N2O2. The Bertz CT molecular complexity index is 653. The molecule has 2 aromatic rings. The van der Waals surface area contributed by atoms with E-state index in [9.17, 15) is 10.1 Å².